The monoisotopic (exact) mass is 833 g/mol. The number of ketones is 1. The van der Waals surface area contributed by atoms with Gasteiger partial charge in [-0.2, -0.15) is 0 Å². The Morgan fingerprint density at radius 3 is 2.42 bits per heavy atom. The molecule has 0 saturated carbocycles. The molecule has 3 aliphatic rings. The number of carbonyl (C=O) groups is 6. The fourth-order valence-electron chi connectivity index (χ4n) is 7.28. The van der Waals surface area contributed by atoms with Crippen LogP contribution in [0.1, 0.15) is 91.5 Å². The van der Waals surface area contributed by atoms with Crippen LogP contribution in [-0.4, -0.2) is 106 Å². The SMILES string of the molecule is CC(=O)CC[C@H]1C(=O)N[C@@H](C(C)C)C(=O)N[C@@H](Cc2cccc(O)c2)C(=O)N2CCCC(N2)C(=O)O[C@H](C(C)=CC=CC(=O)N2CCCCO2)CC=CC=CC[C@H](C)[C@H]1O. The number of cyclic esters (lactones) is 1. The van der Waals surface area contributed by atoms with Gasteiger partial charge >= 0.3 is 5.97 Å². The number of allylic oxidation sites excluding steroid dienone is 5. The van der Waals surface area contributed by atoms with Gasteiger partial charge in [-0.1, -0.05) is 69.4 Å². The third-order valence-electron chi connectivity index (χ3n) is 10.9. The van der Waals surface area contributed by atoms with E-state index in [1.54, 1.807) is 64.1 Å². The summed E-state index contributed by atoms with van der Waals surface area (Å²) in [7, 11) is 0. The summed E-state index contributed by atoms with van der Waals surface area (Å²) < 4.78 is 6.07. The van der Waals surface area contributed by atoms with Gasteiger partial charge in [-0.15, -0.1) is 0 Å². The standard InChI is InChI=1S/C45H63N5O10/c1-29(2)40-43(56)46-37(28-33-17-13-18-34(52)27-33)44(57)49-24-14-19-36(48-49)45(58)60-38(30(3)16-12-21-39(53)50-25-10-11-26-59-50)20-9-7-6-8-15-31(4)41(54)35(42(55)47-40)23-22-32(5)51/h6-9,12-13,16-18,21,27,29,31,35-38,40-41,48,52,54H,10-11,14-15,19-20,22-26,28H2,1-5H3,(H,46,56)(H,47,55)/t31-,35+,36?,37-,38-,40-,41+/m0/s1. The summed E-state index contributed by atoms with van der Waals surface area (Å²) in [5.74, 6) is -4.66. The van der Waals surface area contributed by atoms with Gasteiger partial charge < -0.3 is 30.4 Å². The summed E-state index contributed by atoms with van der Waals surface area (Å²) in [4.78, 5) is 86.3. The fourth-order valence-corrected chi connectivity index (χ4v) is 7.28. The Bertz CT molecular complexity index is 1780. The van der Waals surface area contributed by atoms with Crippen molar-refractivity contribution in [1.29, 1.82) is 0 Å². The predicted molar refractivity (Wildman–Crippen MR) is 224 cm³/mol. The molecule has 2 bridgehead atoms. The number of rotatable bonds is 9. The molecule has 3 heterocycles. The minimum atomic E-state index is -1.18. The number of phenolic OH excluding ortho intramolecular Hbond substituents is 1. The lowest BCUT2D eigenvalue weighted by Gasteiger charge is -2.36. The van der Waals surface area contributed by atoms with Gasteiger partial charge in [0.25, 0.3) is 11.8 Å². The number of esters is 1. The number of aliphatic hydroxyl groups is 1. The van der Waals surface area contributed by atoms with Gasteiger partial charge in [0, 0.05) is 38.4 Å². The smallest absolute Gasteiger partial charge is 0.325 e. The third-order valence-corrected chi connectivity index (χ3v) is 10.9. The van der Waals surface area contributed by atoms with Crippen molar-refractivity contribution in [3.05, 3.63) is 77.9 Å². The van der Waals surface area contributed by atoms with Crippen molar-refractivity contribution in [2.45, 2.75) is 123 Å². The van der Waals surface area contributed by atoms with Gasteiger partial charge in [0.2, 0.25) is 11.8 Å². The molecular weight excluding hydrogens is 771 g/mol. The minimum absolute atomic E-state index is 0.0195. The largest absolute Gasteiger partial charge is 0.508 e. The number of hydrogen-bond acceptors (Lipinski definition) is 11. The van der Waals surface area contributed by atoms with Crippen LogP contribution in [0.25, 0.3) is 0 Å². The van der Waals surface area contributed by atoms with Gasteiger partial charge in [-0.3, -0.25) is 33.8 Å². The van der Waals surface area contributed by atoms with E-state index in [0.29, 0.717) is 43.6 Å². The number of hydrogen-bond donors (Lipinski definition) is 5. The average molecular weight is 834 g/mol. The number of Topliss-reactive ketones (excluding diaryl/α,β-unsaturated/α-hetero) is 1. The highest BCUT2D eigenvalue weighted by Crippen LogP contribution is 2.24. The van der Waals surface area contributed by atoms with Crippen LogP contribution in [0.5, 0.6) is 5.75 Å². The van der Waals surface area contributed by atoms with Crippen LogP contribution in [0.4, 0.5) is 0 Å². The molecule has 1 unspecified atom stereocenters. The molecule has 4 amide bonds. The second kappa shape index (κ2) is 23.6. The van der Waals surface area contributed by atoms with Crippen LogP contribution in [0.15, 0.2) is 72.4 Å². The van der Waals surface area contributed by atoms with Crippen LogP contribution in [0.3, 0.4) is 0 Å². The Kier molecular flexibility index (Phi) is 18.7. The van der Waals surface area contributed by atoms with Crippen molar-refractivity contribution in [2.24, 2.45) is 17.8 Å². The fraction of sp³-hybridized carbons (Fsp3) is 0.556. The summed E-state index contributed by atoms with van der Waals surface area (Å²) in [5.41, 5.74) is 4.24. The van der Waals surface area contributed by atoms with Crippen LogP contribution < -0.4 is 16.1 Å². The van der Waals surface area contributed by atoms with E-state index in [0.717, 1.165) is 12.8 Å². The Balaban J connectivity index is 1.67. The lowest BCUT2D eigenvalue weighted by Crippen LogP contribution is -2.62. The number of ether oxygens (including phenoxy) is 1. The van der Waals surface area contributed by atoms with Gasteiger partial charge in [0.15, 0.2) is 0 Å². The summed E-state index contributed by atoms with van der Waals surface area (Å²) >= 11 is 0. The Hall–Kier alpha value is -5.12. The number of hydroxylamine groups is 2. The molecule has 7 atom stereocenters. The first-order chi connectivity index (χ1) is 28.6. The van der Waals surface area contributed by atoms with E-state index in [4.69, 9.17) is 9.57 Å². The van der Waals surface area contributed by atoms with Crippen LogP contribution in [0.2, 0.25) is 0 Å². The summed E-state index contributed by atoms with van der Waals surface area (Å²) in [5, 5.41) is 29.9. The van der Waals surface area contributed by atoms with Crippen molar-refractivity contribution in [2.75, 3.05) is 19.7 Å². The van der Waals surface area contributed by atoms with Crippen LogP contribution in [0, 0.1) is 17.8 Å². The zero-order valence-corrected chi connectivity index (χ0v) is 35.5. The number of hydrazine groups is 1. The Morgan fingerprint density at radius 2 is 1.73 bits per heavy atom. The number of phenols is 1. The van der Waals surface area contributed by atoms with Crippen molar-refractivity contribution in [3.8, 4) is 5.75 Å². The first-order valence-electron chi connectivity index (χ1n) is 21.1. The number of fused-ring (bicyclic) bond motifs is 2. The maximum atomic E-state index is 14.3. The van der Waals surface area contributed by atoms with Crippen molar-refractivity contribution >= 4 is 35.4 Å². The molecule has 1 aromatic rings. The first-order valence-corrected chi connectivity index (χ1v) is 21.1. The molecule has 3 aliphatic heterocycles. The van der Waals surface area contributed by atoms with Crippen LogP contribution in [-0.2, 0) is 44.8 Å². The lowest BCUT2D eigenvalue weighted by atomic mass is 9.85. The number of nitrogens with one attached hydrogen (secondary N) is 3. The highest BCUT2D eigenvalue weighted by atomic mass is 16.7. The van der Waals surface area contributed by atoms with Gasteiger partial charge in [0.05, 0.1) is 18.6 Å². The lowest BCUT2D eigenvalue weighted by molar-refractivity contribution is -0.191. The van der Waals surface area contributed by atoms with E-state index >= 15 is 0 Å². The third kappa shape index (κ3) is 14.6. The second-order valence-electron chi connectivity index (χ2n) is 16.3. The number of carbonyl (C=O) groups excluding carboxylic acids is 6. The minimum Gasteiger partial charge on any atom is -0.508 e. The van der Waals surface area contributed by atoms with E-state index < -0.39 is 71.8 Å². The average Bonchev–Trinajstić information content (AvgIpc) is 3.22. The van der Waals surface area contributed by atoms with Crippen molar-refractivity contribution in [1.82, 2.24) is 26.1 Å². The molecule has 0 aliphatic carbocycles. The van der Waals surface area contributed by atoms with Gasteiger partial charge in [0.1, 0.15) is 35.8 Å². The molecule has 1 aromatic carbocycles. The molecule has 2 saturated heterocycles. The Morgan fingerprint density at radius 1 is 0.983 bits per heavy atom. The van der Waals surface area contributed by atoms with Gasteiger partial charge in [-0.25, -0.2) is 10.5 Å². The highest BCUT2D eigenvalue weighted by Gasteiger charge is 2.38. The van der Waals surface area contributed by atoms with E-state index in [9.17, 15) is 39.0 Å². The maximum Gasteiger partial charge on any atom is 0.325 e. The molecule has 2 fully saturated rings. The Labute approximate surface area is 353 Å². The van der Waals surface area contributed by atoms with E-state index in [1.165, 1.54) is 35.2 Å². The van der Waals surface area contributed by atoms with Crippen molar-refractivity contribution < 1.29 is 48.6 Å². The molecule has 60 heavy (non-hydrogen) atoms. The number of amides is 4. The molecule has 15 heteroatoms. The number of aromatic hydroxyl groups is 1. The van der Waals surface area contributed by atoms with Crippen LogP contribution >= 0.6 is 0 Å². The molecule has 5 N–H and O–H groups in total. The molecule has 0 spiro atoms. The number of aliphatic hydroxyl groups excluding tert-OH is 1. The van der Waals surface area contributed by atoms with E-state index in [-0.39, 0.29) is 49.7 Å². The molecule has 4 rings (SSSR count). The molecule has 0 aromatic heterocycles. The highest BCUT2D eigenvalue weighted by molar-refractivity contribution is 5.93. The number of benzene rings is 1. The van der Waals surface area contributed by atoms with Gasteiger partial charge in [-0.05, 0) is 87.5 Å². The van der Waals surface area contributed by atoms with Crippen molar-refractivity contribution in [3.63, 3.8) is 0 Å². The molecule has 328 valence electrons. The van der Waals surface area contributed by atoms with E-state index in [2.05, 4.69) is 16.1 Å². The zero-order valence-electron chi connectivity index (χ0n) is 35.5. The predicted octanol–water partition coefficient (Wildman–Crippen LogP) is 3.91. The zero-order chi connectivity index (χ0) is 43.8. The summed E-state index contributed by atoms with van der Waals surface area (Å²) in [6.45, 7) is 9.72. The van der Waals surface area contributed by atoms with E-state index in [1.807, 2.05) is 12.2 Å². The topological polar surface area (TPSA) is 204 Å². The number of nitrogens with zero attached hydrogens (tertiary/aromatic N) is 2. The molecular formula is C45H63N5O10. The normalized spacial score (nSPS) is 27.2. The summed E-state index contributed by atoms with van der Waals surface area (Å²) in [6, 6.07) is 3.12. The maximum absolute atomic E-state index is 14.3. The quantitative estimate of drug-likeness (QED) is 0.137. The second-order valence-corrected chi connectivity index (χ2v) is 16.3. The first kappa shape index (κ1) is 47.6. The molecule has 0 radical (unpaired) electrons. The summed E-state index contributed by atoms with van der Waals surface area (Å²) in [6.07, 6.45) is 13.5. The molecule has 15 nitrogen and oxygen atoms in total.